The minimum absolute atomic E-state index is 0.0636. The summed E-state index contributed by atoms with van der Waals surface area (Å²) in [6, 6.07) is 11.8. The van der Waals surface area contributed by atoms with E-state index < -0.39 is 10.1 Å². The standard InChI is InChI=1S/C28H33BrN6O4S/c1-3-38-24-17-21(16-23(29)27(24)39-40(36,37)22-10-8-20(2)9-11-22)19-30-33-25-18-26(34-12-4-5-13-34)32-28(31-25)35-14-6-7-15-35/h8-11,16-19H,3-7,12-15H2,1-2H3,(H,31,32,33)/b30-19-. The first-order valence-corrected chi connectivity index (χ1v) is 15.7. The van der Waals surface area contributed by atoms with Crippen LogP contribution in [-0.4, -0.2) is 57.4 Å². The summed E-state index contributed by atoms with van der Waals surface area (Å²) >= 11 is 3.45. The highest BCUT2D eigenvalue weighted by atomic mass is 79.9. The predicted octanol–water partition coefficient (Wildman–Crippen LogP) is 5.36. The van der Waals surface area contributed by atoms with Crippen molar-refractivity contribution in [3.63, 3.8) is 0 Å². The number of halogens is 1. The summed E-state index contributed by atoms with van der Waals surface area (Å²) < 4.78 is 37.5. The molecule has 0 atom stereocenters. The molecule has 0 spiro atoms. The Morgan fingerprint density at radius 2 is 1.68 bits per heavy atom. The molecule has 12 heteroatoms. The quantitative estimate of drug-likeness (QED) is 0.180. The van der Waals surface area contributed by atoms with Gasteiger partial charge in [-0.1, -0.05) is 17.7 Å². The summed E-state index contributed by atoms with van der Waals surface area (Å²) in [7, 11) is -4.06. The van der Waals surface area contributed by atoms with Crippen LogP contribution in [0.2, 0.25) is 0 Å². The molecule has 212 valence electrons. The van der Waals surface area contributed by atoms with Gasteiger partial charge in [0.15, 0.2) is 17.3 Å². The fraction of sp³-hybridized carbons (Fsp3) is 0.393. The smallest absolute Gasteiger partial charge is 0.339 e. The zero-order chi connectivity index (χ0) is 28.1. The topological polar surface area (TPSA) is 109 Å². The van der Waals surface area contributed by atoms with Crippen molar-refractivity contribution in [2.24, 2.45) is 5.10 Å². The summed E-state index contributed by atoms with van der Waals surface area (Å²) in [4.78, 5) is 14.1. The summed E-state index contributed by atoms with van der Waals surface area (Å²) in [5, 5.41) is 4.41. The molecule has 2 aromatic carbocycles. The number of hydrogen-bond donors (Lipinski definition) is 1. The van der Waals surface area contributed by atoms with Crippen LogP contribution < -0.4 is 24.1 Å². The molecule has 2 saturated heterocycles. The lowest BCUT2D eigenvalue weighted by molar-refractivity contribution is 0.327. The molecule has 0 unspecified atom stereocenters. The van der Waals surface area contributed by atoms with Crippen LogP contribution in [-0.2, 0) is 10.1 Å². The van der Waals surface area contributed by atoms with E-state index in [0.29, 0.717) is 22.5 Å². The first kappa shape index (κ1) is 28.2. The molecule has 3 aromatic rings. The number of aromatic nitrogens is 2. The molecule has 40 heavy (non-hydrogen) atoms. The molecule has 1 N–H and O–H groups in total. The molecule has 3 heterocycles. The number of benzene rings is 2. The lowest BCUT2D eigenvalue weighted by Crippen LogP contribution is -2.24. The largest absolute Gasteiger partial charge is 0.490 e. The van der Waals surface area contributed by atoms with Crippen LogP contribution in [0, 0.1) is 6.92 Å². The molecule has 2 fully saturated rings. The Kier molecular flexibility index (Phi) is 8.75. The summed E-state index contributed by atoms with van der Waals surface area (Å²) in [6.07, 6.45) is 6.22. The fourth-order valence-corrected chi connectivity index (χ4v) is 6.29. The minimum atomic E-state index is -4.06. The average molecular weight is 630 g/mol. The molecule has 10 nitrogen and oxygen atoms in total. The second-order valence-corrected chi connectivity index (χ2v) is 12.2. The lowest BCUT2D eigenvalue weighted by Gasteiger charge is -2.21. The lowest BCUT2D eigenvalue weighted by atomic mass is 10.2. The zero-order valence-corrected chi connectivity index (χ0v) is 25.0. The number of aryl methyl sites for hydroxylation is 1. The van der Waals surface area contributed by atoms with Gasteiger partial charge >= 0.3 is 10.1 Å². The highest BCUT2D eigenvalue weighted by Gasteiger charge is 2.23. The third kappa shape index (κ3) is 6.67. The Bertz CT molecular complexity index is 1440. The maximum absolute atomic E-state index is 12.9. The van der Waals surface area contributed by atoms with Crippen LogP contribution in [0.3, 0.4) is 0 Å². The van der Waals surface area contributed by atoms with Crippen LogP contribution >= 0.6 is 15.9 Å². The molecule has 5 rings (SSSR count). The molecule has 0 radical (unpaired) electrons. The molecule has 0 aliphatic carbocycles. The van der Waals surface area contributed by atoms with E-state index in [0.717, 1.165) is 69.2 Å². The van der Waals surface area contributed by atoms with E-state index in [2.05, 4.69) is 36.3 Å². The van der Waals surface area contributed by atoms with Crippen molar-refractivity contribution in [1.29, 1.82) is 0 Å². The first-order valence-electron chi connectivity index (χ1n) is 13.5. The van der Waals surface area contributed by atoms with E-state index in [-0.39, 0.29) is 16.4 Å². The van der Waals surface area contributed by atoms with Crippen molar-refractivity contribution in [2.75, 3.05) is 48.0 Å². The molecule has 2 aliphatic rings. The number of anilines is 3. The Morgan fingerprint density at radius 3 is 2.35 bits per heavy atom. The number of hydrogen-bond acceptors (Lipinski definition) is 10. The summed E-state index contributed by atoms with van der Waals surface area (Å²) in [5.74, 6) is 2.60. The molecule has 0 saturated carbocycles. The first-order chi connectivity index (χ1) is 19.3. The van der Waals surface area contributed by atoms with Gasteiger partial charge < -0.3 is 18.7 Å². The maximum atomic E-state index is 12.9. The number of rotatable bonds is 10. The maximum Gasteiger partial charge on any atom is 0.339 e. The molecule has 0 bridgehead atoms. The van der Waals surface area contributed by atoms with Gasteiger partial charge in [-0.05, 0) is 85.3 Å². The number of hydrazone groups is 1. The highest BCUT2D eigenvalue weighted by Crippen LogP contribution is 2.38. The third-order valence-electron chi connectivity index (χ3n) is 6.75. The van der Waals surface area contributed by atoms with Crippen molar-refractivity contribution in [1.82, 2.24) is 9.97 Å². The van der Waals surface area contributed by atoms with Crippen LogP contribution in [0.4, 0.5) is 17.6 Å². The van der Waals surface area contributed by atoms with E-state index in [1.807, 2.05) is 19.9 Å². The Morgan fingerprint density at radius 1 is 1.00 bits per heavy atom. The van der Waals surface area contributed by atoms with E-state index in [9.17, 15) is 8.42 Å². The van der Waals surface area contributed by atoms with E-state index in [4.69, 9.17) is 18.9 Å². The van der Waals surface area contributed by atoms with Crippen LogP contribution in [0.15, 0.2) is 56.9 Å². The van der Waals surface area contributed by atoms with Crippen LogP contribution in [0.25, 0.3) is 0 Å². The Balaban J connectivity index is 1.37. The molecule has 0 amide bonds. The Hall–Kier alpha value is -3.38. The van der Waals surface area contributed by atoms with Crippen molar-refractivity contribution < 1.29 is 17.3 Å². The second-order valence-electron chi connectivity index (χ2n) is 9.78. The SMILES string of the molecule is CCOc1cc(/C=N\Nc2cc(N3CCCC3)nc(N3CCCC3)n2)cc(Br)c1OS(=O)(=O)c1ccc(C)cc1. The monoisotopic (exact) mass is 628 g/mol. The molecular weight excluding hydrogens is 596 g/mol. The van der Waals surface area contributed by atoms with Gasteiger partial charge in [0.25, 0.3) is 0 Å². The van der Waals surface area contributed by atoms with Crippen molar-refractivity contribution >= 4 is 49.8 Å². The van der Waals surface area contributed by atoms with E-state index in [1.165, 1.54) is 12.1 Å². The van der Waals surface area contributed by atoms with Crippen LogP contribution in [0.1, 0.15) is 43.7 Å². The van der Waals surface area contributed by atoms with Gasteiger partial charge in [-0.3, -0.25) is 5.43 Å². The van der Waals surface area contributed by atoms with Crippen molar-refractivity contribution in [2.45, 2.75) is 44.4 Å². The van der Waals surface area contributed by atoms with E-state index >= 15 is 0 Å². The van der Waals surface area contributed by atoms with Gasteiger partial charge in [-0.15, -0.1) is 0 Å². The van der Waals surface area contributed by atoms with Gasteiger partial charge in [0.05, 0.1) is 17.3 Å². The number of ether oxygens (including phenoxy) is 1. The molecule has 1 aromatic heterocycles. The average Bonchev–Trinajstić information content (AvgIpc) is 3.66. The van der Waals surface area contributed by atoms with E-state index in [1.54, 1.807) is 30.5 Å². The van der Waals surface area contributed by atoms with Crippen molar-refractivity contribution in [3.8, 4) is 11.5 Å². The highest BCUT2D eigenvalue weighted by molar-refractivity contribution is 9.10. The number of nitrogens with one attached hydrogen (secondary N) is 1. The summed E-state index contributed by atoms with van der Waals surface area (Å²) in [5.41, 5.74) is 4.68. The fourth-order valence-electron chi connectivity index (χ4n) is 4.69. The van der Waals surface area contributed by atoms with Gasteiger partial charge in [-0.2, -0.15) is 23.5 Å². The molecular formula is C28H33BrN6O4S. The summed E-state index contributed by atoms with van der Waals surface area (Å²) in [6.45, 7) is 7.91. The van der Waals surface area contributed by atoms with Gasteiger partial charge in [0.2, 0.25) is 5.95 Å². The second kappa shape index (κ2) is 12.4. The van der Waals surface area contributed by atoms with Gasteiger partial charge in [0.1, 0.15) is 10.7 Å². The zero-order valence-electron chi connectivity index (χ0n) is 22.6. The number of nitrogens with zero attached hydrogens (tertiary/aromatic N) is 5. The van der Waals surface area contributed by atoms with Gasteiger partial charge in [-0.25, -0.2) is 0 Å². The van der Waals surface area contributed by atoms with Crippen LogP contribution in [0.5, 0.6) is 11.5 Å². The normalized spacial score (nSPS) is 15.7. The minimum Gasteiger partial charge on any atom is -0.490 e. The van der Waals surface area contributed by atoms with Gasteiger partial charge in [0, 0.05) is 32.2 Å². The third-order valence-corrected chi connectivity index (χ3v) is 8.57. The predicted molar refractivity (Wildman–Crippen MR) is 160 cm³/mol. The molecule has 2 aliphatic heterocycles. The Labute approximate surface area is 243 Å². The van der Waals surface area contributed by atoms with Crippen molar-refractivity contribution in [3.05, 3.63) is 58.1 Å².